The van der Waals surface area contributed by atoms with Crippen LogP contribution in [0.25, 0.3) is 0 Å². The second kappa shape index (κ2) is 6.71. The number of nitrogen functional groups attached to an aromatic ring is 1. The van der Waals surface area contributed by atoms with Crippen LogP contribution in [-0.4, -0.2) is 22.7 Å². The van der Waals surface area contributed by atoms with Crippen molar-refractivity contribution in [2.45, 2.75) is 25.6 Å². The highest BCUT2D eigenvalue weighted by molar-refractivity contribution is 7.99. The molecule has 17 heavy (non-hydrogen) atoms. The van der Waals surface area contributed by atoms with Gasteiger partial charge in [0.25, 0.3) is 0 Å². The molecule has 4 nitrogen and oxygen atoms in total. The first-order valence-electron chi connectivity index (χ1n) is 5.27. The lowest BCUT2D eigenvalue weighted by molar-refractivity contribution is -0.119. The summed E-state index contributed by atoms with van der Waals surface area (Å²) < 4.78 is 0. The summed E-state index contributed by atoms with van der Waals surface area (Å²) >= 11 is 7.43. The highest BCUT2D eigenvalue weighted by Crippen LogP contribution is 2.20. The maximum atomic E-state index is 11.4. The Kier molecular flexibility index (Phi) is 5.58. The summed E-state index contributed by atoms with van der Waals surface area (Å²) in [6.45, 7) is 3.86. The molecule has 1 aromatic rings. The summed E-state index contributed by atoms with van der Waals surface area (Å²) in [6, 6.07) is 3.54. The van der Waals surface area contributed by atoms with Crippen LogP contribution in [0.2, 0.25) is 5.02 Å². The quantitative estimate of drug-likeness (QED) is 0.862. The van der Waals surface area contributed by atoms with E-state index in [2.05, 4.69) is 10.3 Å². The molecule has 1 rings (SSSR count). The molecule has 0 aliphatic carbocycles. The molecule has 1 heterocycles. The summed E-state index contributed by atoms with van der Waals surface area (Å²) in [4.78, 5) is 15.5. The zero-order valence-electron chi connectivity index (χ0n) is 9.87. The van der Waals surface area contributed by atoms with Crippen molar-refractivity contribution in [3.05, 3.63) is 22.8 Å². The Balaban J connectivity index is 2.40. The van der Waals surface area contributed by atoms with E-state index in [4.69, 9.17) is 17.3 Å². The number of aromatic nitrogens is 1. The molecule has 3 N–H and O–H groups in total. The number of nitrogens with one attached hydrogen (secondary N) is 1. The minimum atomic E-state index is 0.0185. The smallest absolute Gasteiger partial charge is 0.230 e. The van der Waals surface area contributed by atoms with E-state index in [0.717, 1.165) is 0 Å². The van der Waals surface area contributed by atoms with E-state index in [1.807, 2.05) is 13.8 Å². The molecule has 0 aliphatic heterocycles. The molecule has 94 valence electrons. The standard InChI is InChI=1S/C11H16ClN3OS/c1-7(2)14-11(16)6-17-5-9-8(12)3-4-10(13)15-9/h3-4,7H,5-6H2,1-2H3,(H2,13,15)(H,14,16). The number of carbonyl (C=O) groups excluding carboxylic acids is 1. The third-order valence-electron chi connectivity index (χ3n) is 1.86. The van der Waals surface area contributed by atoms with Crippen LogP contribution in [0.4, 0.5) is 5.82 Å². The number of halogens is 1. The van der Waals surface area contributed by atoms with Gasteiger partial charge in [0, 0.05) is 11.8 Å². The van der Waals surface area contributed by atoms with Gasteiger partial charge in [-0.15, -0.1) is 11.8 Å². The summed E-state index contributed by atoms with van der Waals surface area (Å²) in [5.41, 5.74) is 6.28. The Morgan fingerprint density at radius 3 is 2.94 bits per heavy atom. The largest absolute Gasteiger partial charge is 0.384 e. The Morgan fingerprint density at radius 1 is 1.59 bits per heavy atom. The molecule has 0 saturated carbocycles. The molecule has 1 aromatic heterocycles. The van der Waals surface area contributed by atoms with E-state index < -0.39 is 0 Å². The number of hydrogen-bond acceptors (Lipinski definition) is 4. The Morgan fingerprint density at radius 2 is 2.29 bits per heavy atom. The van der Waals surface area contributed by atoms with Crippen molar-refractivity contribution in [2.75, 3.05) is 11.5 Å². The fourth-order valence-electron chi connectivity index (χ4n) is 1.21. The van der Waals surface area contributed by atoms with Crippen molar-refractivity contribution in [3.63, 3.8) is 0 Å². The van der Waals surface area contributed by atoms with Crippen molar-refractivity contribution in [2.24, 2.45) is 0 Å². The molecule has 0 bridgehead atoms. The van der Waals surface area contributed by atoms with E-state index in [1.165, 1.54) is 11.8 Å². The lowest BCUT2D eigenvalue weighted by Gasteiger charge is -2.08. The zero-order chi connectivity index (χ0) is 12.8. The van der Waals surface area contributed by atoms with Gasteiger partial charge in [-0.2, -0.15) is 0 Å². The Bertz CT molecular complexity index is 398. The van der Waals surface area contributed by atoms with Gasteiger partial charge in [-0.25, -0.2) is 4.98 Å². The second-order valence-corrected chi connectivity index (χ2v) is 5.27. The van der Waals surface area contributed by atoms with Gasteiger partial charge in [-0.3, -0.25) is 4.79 Å². The number of carbonyl (C=O) groups is 1. The van der Waals surface area contributed by atoms with Crippen LogP contribution in [-0.2, 0) is 10.5 Å². The summed E-state index contributed by atoms with van der Waals surface area (Å²) in [5.74, 6) is 1.43. The van der Waals surface area contributed by atoms with Gasteiger partial charge in [0.05, 0.1) is 16.5 Å². The van der Waals surface area contributed by atoms with Gasteiger partial charge in [0.2, 0.25) is 5.91 Å². The molecule has 0 aromatic carbocycles. The van der Waals surface area contributed by atoms with Gasteiger partial charge in [-0.1, -0.05) is 11.6 Å². The Hall–Kier alpha value is -0.940. The number of nitrogens with two attached hydrogens (primary N) is 1. The predicted molar refractivity (Wildman–Crippen MR) is 73.1 cm³/mol. The molecule has 0 saturated heterocycles. The number of rotatable bonds is 5. The van der Waals surface area contributed by atoms with Gasteiger partial charge in [0.15, 0.2) is 0 Å². The SMILES string of the molecule is CC(C)NC(=O)CSCc1nc(N)ccc1Cl. The number of pyridine rings is 1. The van der Waals surface area contributed by atoms with Crippen molar-refractivity contribution < 1.29 is 4.79 Å². The summed E-state index contributed by atoms with van der Waals surface area (Å²) in [6.07, 6.45) is 0. The van der Waals surface area contributed by atoms with Crippen molar-refractivity contribution in [1.29, 1.82) is 0 Å². The highest BCUT2D eigenvalue weighted by Gasteiger charge is 2.06. The van der Waals surface area contributed by atoms with Crippen molar-refractivity contribution in [3.8, 4) is 0 Å². The minimum Gasteiger partial charge on any atom is -0.384 e. The maximum Gasteiger partial charge on any atom is 0.230 e. The maximum absolute atomic E-state index is 11.4. The lowest BCUT2D eigenvalue weighted by Crippen LogP contribution is -2.31. The lowest BCUT2D eigenvalue weighted by atomic mass is 10.4. The van der Waals surface area contributed by atoms with Crippen LogP contribution in [0.15, 0.2) is 12.1 Å². The Labute approximate surface area is 110 Å². The van der Waals surface area contributed by atoms with Crippen LogP contribution < -0.4 is 11.1 Å². The normalized spacial score (nSPS) is 10.6. The van der Waals surface area contributed by atoms with Gasteiger partial charge in [-0.05, 0) is 26.0 Å². The van der Waals surface area contributed by atoms with E-state index >= 15 is 0 Å². The van der Waals surface area contributed by atoms with Crippen LogP contribution >= 0.6 is 23.4 Å². The predicted octanol–water partition coefficient (Wildman–Crippen LogP) is 2.07. The van der Waals surface area contributed by atoms with Crippen LogP contribution in [0, 0.1) is 0 Å². The fourth-order valence-corrected chi connectivity index (χ4v) is 2.24. The third-order valence-corrected chi connectivity index (χ3v) is 3.15. The number of hydrogen-bond donors (Lipinski definition) is 2. The molecular weight excluding hydrogens is 258 g/mol. The fraction of sp³-hybridized carbons (Fsp3) is 0.455. The first kappa shape index (κ1) is 14.1. The third kappa shape index (κ3) is 5.28. The molecule has 0 spiro atoms. The summed E-state index contributed by atoms with van der Waals surface area (Å²) in [5, 5.41) is 3.40. The highest BCUT2D eigenvalue weighted by atomic mass is 35.5. The van der Waals surface area contributed by atoms with E-state index in [0.29, 0.717) is 28.0 Å². The number of amides is 1. The van der Waals surface area contributed by atoms with Crippen molar-refractivity contribution in [1.82, 2.24) is 10.3 Å². The minimum absolute atomic E-state index is 0.0185. The average Bonchev–Trinajstić information content (AvgIpc) is 2.22. The average molecular weight is 274 g/mol. The molecule has 0 unspecified atom stereocenters. The van der Waals surface area contributed by atoms with E-state index in [-0.39, 0.29) is 11.9 Å². The van der Waals surface area contributed by atoms with Crippen LogP contribution in [0.5, 0.6) is 0 Å². The molecule has 6 heteroatoms. The first-order chi connectivity index (χ1) is 7.99. The number of anilines is 1. The number of thioether (sulfide) groups is 1. The van der Waals surface area contributed by atoms with Gasteiger partial charge >= 0.3 is 0 Å². The van der Waals surface area contributed by atoms with Crippen molar-refractivity contribution >= 4 is 35.1 Å². The molecule has 0 radical (unpaired) electrons. The van der Waals surface area contributed by atoms with Crippen LogP contribution in [0.1, 0.15) is 19.5 Å². The topological polar surface area (TPSA) is 68.0 Å². The molecule has 0 aliphatic rings. The molecule has 1 amide bonds. The second-order valence-electron chi connectivity index (χ2n) is 3.88. The van der Waals surface area contributed by atoms with Gasteiger partial charge in [0.1, 0.15) is 5.82 Å². The molecule has 0 atom stereocenters. The molecular formula is C11H16ClN3OS. The first-order valence-corrected chi connectivity index (χ1v) is 6.80. The number of nitrogens with zero attached hydrogens (tertiary/aromatic N) is 1. The van der Waals surface area contributed by atoms with Crippen LogP contribution in [0.3, 0.4) is 0 Å². The van der Waals surface area contributed by atoms with Gasteiger partial charge < -0.3 is 11.1 Å². The zero-order valence-corrected chi connectivity index (χ0v) is 11.4. The van der Waals surface area contributed by atoms with E-state index in [1.54, 1.807) is 12.1 Å². The molecule has 0 fully saturated rings. The monoisotopic (exact) mass is 273 g/mol. The van der Waals surface area contributed by atoms with E-state index in [9.17, 15) is 4.79 Å². The summed E-state index contributed by atoms with van der Waals surface area (Å²) in [7, 11) is 0.